The second kappa shape index (κ2) is 9.37. The number of fused-ring (bicyclic) bond motifs is 3. The number of benzene rings is 2. The van der Waals surface area contributed by atoms with Gasteiger partial charge in [0.1, 0.15) is 5.54 Å². The molecule has 0 radical (unpaired) electrons. The van der Waals surface area contributed by atoms with Gasteiger partial charge in [0.25, 0.3) is 5.79 Å². The Morgan fingerprint density at radius 2 is 1.80 bits per heavy atom. The fraction of sp³-hybridized carbons (Fsp3) is 0.500. The normalized spacial score (nSPS) is 34.0. The van der Waals surface area contributed by atoms with E-state index in [1.54, 1.807) is 38.5 Å². The van der Waals surface area contributed by atoms with Crippen molar-refractivity contribution in [2.45, 2.75) is 54.3 Å². The summed E-state index contributed by atoms with van der Waals surface area (Å²) >= 11 is 0. The molecule has 1 saturated carbocycles. The van der Waals surface area contributed by atoms with Gasteiger partial charge in [-0.15, -0.1) is 0 Å². The molecule has 4 aliphatic rings. The smallest absolute Gasteiger partial charge is 0.333 e. The number of aromatic hydroxyl groups is 2. The molecule has 2 bridgehead atoms. The van der Waals surface area contributed by atoms with Crippen LogP contribution < -0.4 is 9.47 Å². The van der Waals surface area contributed by atoms with E-state index in [-0.39, 0.29) is 11.5 Å². The fourth-order valence-corrected chi connectivity index (χ4v) is 8.07. The van der Waals surface area contributed by atoms with Crippen LogP contribution in [0.3, 0.4) is 0 Å². The van der Waals surface area contributed by atoms with E-state index in [0.29, 0.717) is 42.9 Å². The van der Waals surface area contributed by atoms with Crippen molar-refractivity contribution in [2.24, 2.45) is 0 Å². The van der Waals surface area contributed by atoms with Crippen LogP contribution in [0, 0.1) is 0 Å². The zero-order valence-corrected chi connectivity index (χ0v) is 23.3. The van der Waals surface area contributed by atoms with Crippen LogP contribution in [0.1, 0.15) is 42.1 Å². The molecular formula is C30H35NO9. The summed E-state index contributed by atoms with van der Waals surface area (Å²) in [5.74, 6) is -1.41. The number of esters is 1. The molecule has 6 atom stereocenters. The number of nitrogens with zero attached hydrogens (tertiary/aromatic N) is 1. The quantitative estimate of drug-likeness (QED) is 0.391. The zero-order valence-electron chi connectivity index (χ0n) is 23.3. The predicted molar refractivity (Wildman–Crippen MR) is 143 cm³/mol. The highest BCUT2D eigenvalue weighted by Gasteiger charge is 2.84. The van der Waals surface area contributed by atoms with Crippen molar-refractivity contribution in [1.82, 2.24) is 4.90 Å². The number of hydrogen-bond acceptors (Lipinski definition) is 10. The molecule has 2 aromatic carbocycles. The highest BCUT2D eigenvalue weighted by molar-refractivity contribution is 5.87. The van der Waals surface area contributed by atoms with Gasteiger partial charge in [-0.05, 0) is 61.8 Å². The fourth-order valence-electron chi connectivity index (χ4n) is 8.07. The first-order chi connectivity index (χ1) is 19.2. The molecule has 1 spiro atoms. The Balaban J connectivity index is 1.48. The SMILES string of the molecule is COc1ccc(/C=C/C(=O)O[C@]23O[C@H]4C[C@@]25N(C)CC[C@]5(C[C@H](OC)[C@@H]3OC)c2c4ccc(OC)c2O)cc1O. The van der Waals surface area contributed by atoms with Gasteiger partial charge in [-0.1, -0.05) is 12.1 Å². The van der Waals surface area contributed by atoms with E-state index in [9.17, 15) is 15.0 Å². The Labute approximate surface area is 233 Å². The number of methoxy groups -OCH3 is 4. The largest absolute Gasteiger partial charge is 0.504 e. The maximum Gasteiger partial charge on any atom is 0.333 e. The lowest BCUT2D eigenvalue weighted by Crippen LogP contribution is -2.78. The molecule has 0 aromatic heterocycles. The van der Waals surface area contributed by atoms with Crippen LogP contribution in [0.15, 0.2) is 36.4 Å². The Bertz CT molecular complexity index is 1380. The number of phenols is 2. The molecule has 0 amide bonds. The second-order valence-electron chi connectivity index (χ2n) is 11.0. The first-order valence-corrected chi connectivity index (χ1v) is 13.3. The molecule has 40 heavy (non-hydrogen) atoms. The van der Waals surface area contributed by atoms with Crippen molar-refractivity contribution >= 4 is 12.0 Å². The van der Waals surface area contributed by atoms with Gasteiger partial charge in [0.15, 0.2) is 29.1 Å². The summed E-state index contributed by atoms with van der Waals surface area (Å²) in [6.45, 7) is 0.694. The summed E-state index contributed by atoms with van der Waals surface area (Å²) in [5.41, 5.74) is 0.725. The molecule has 214 valence electrons. The third-order valence-corrected chi connectivity index (χ3v) is 9.60. The van der Waals surface area contributed by atoms with Gasteiger partial charge in [-0.3, -0.25) is 4.90 Å². The van der Waals surface area contributed by atoms with Gasteiger partial charge in [0.05, 0.1) is 26.4 Å². The number of likely N-dealkylation sites (tertiary alicyclic amines) is 1. The molecule has 10 heteroatoms. The van der Waals surface area contributed by atoms with Crippen molar-refractivity contribution < 1.29 is 43.4 Å². The van der Waals surface area contributed by atoms with Crippen LogP contribution in [-0.2, 0) is 29.2 Å². The van der Waals surface area contributed by atoms with E-state index in [1.165, 1.54) is 26.4 Å². The summed E-state index contributed by atoms with van der Waals surface area (Å²) in [6.07, 6.45) is 2.98. The Hall–Kier alpha value is -3.31. The lowest BCUT2D eigenvalue weighted by atomic mass is 9.50. The average molecular weight is 554 g/mol. The van der Waals surface area contributed by atoms with Crippen LogP contribution in [0.5, 0.6) is 23.0 Å². The van der Waals surface area contributed by atoms with Gasteiger partial charge in [-0.25, -0.2) is 4.79 Å². The molecular weight excluding hydrogens is 518 g/mol. The van der Waals surface area contributed by atoms with Crippen molar-refractivity contribution in [3.63, 3.8) is 0 Å². The number of hydrogen-bond donors (Lipinski definition) is 2. The number of carbonyl (C=O) groups is 1. The summed E-state index contributed by atoms with van der Waals surface area (Å²) in [7, 11) is 8.19. The molecule has 3 fully saturated rings. The van der Waals surface area contributed by atoms with Gasteiger partial charge < -0.3 is 38.6 Å². The summed E-state index contributed by atoms with van der Waals surface area (Å²) in [5, 5.41) is 21.7. The molecule has 2 saturated heterocycles. The number of carbonyl (C=O) groups excluding carboxylic acids is 1. The van der Waals surface area contributed by atoms with Crippen LogP contribution in [-0.4, -0.2) is 86.6 Å². The van der Waals surface area contributed by atoms with E-state index in [4.69, 9.17) is 28.4 Å². The van der Waals surface area contributed by atoms with Gasteiger partial charge >= 0.3 is 5.97 Å². The van der Waals surface area contributed by atoms with Crippen molar-refractivity contribution in [1.29, 1.82) is 0 Å². The zero-order chi connectivity index (χ0) is 28.4. The van der Waals surface area contributed by atoms with Crippen LogP contribution >= 0.6 is 0 Å². The van der Waals surface area contributed by atoms with E-state index in [1.807, 2.05) is 13.1 Å². The summed E-state index contributed by atoms with van der Waals surface area (Å²) in [4.78, 5) is 15.8. The van der Waals surface area contributed by atoms with E-state index < -0.39 is 41.0 Å². The predicted octanol–water partition coefficient (Wildman–Crippen LogP) is 3.29. The van der Waals surface area contributed by atoms with Gasteiger partial charge in [0, 0.05) is 37.7 Å². The average Bonchev–Trinajstić information content (AvgIpc) is 3.44. The highest BCUT2D eigenvalue weighted by Crippen LogP contribution is 2.73. The van der Waals surface area contributed by atoms with Crippen LogP contribution in [0.2, 0.25) is 0 Å². The van der Waals surface area contributed by atoms with Gasteiger partial charge in [-0.2, -0.15) is 0 Å². The molecule has 10 nitrogen and oxygen atoms in total. The highest BCUT2D eigenvalue weighted by atomic mass is 16.8. The Morgan fingerprint density at radius 1 is 1.05 bits per heavy atom. The standard InChI is InChI=1S/C30H35NO9/c1-31-13-12-28-15-23(37-4)27(38-5)30(40-24(33)11-7-17-6-9-20(35-2)19(32)14-17)29(28,31)16-22(39-30)18-8-10-21(36-3)26(34)25(18)28/h6-11,14,22-23,27,32,34H,12-13,15-16H2,1-5H3/b11-7+/t22-,23-,27-,28-,29-,30-/m0/s1. The minimum Gasteiger partial charge on any atom is -0.504 e. The van der Waals surface area contributed by atoms with E-state index >= 15 is 0 Å². The number of ether oxygens (including phenoxy) is 6. The molecule has 2 aliphatic heterocycles. The number of phenolic OH excluding ortho intramolecular Hbond substituents is 2. The third kappa shape index (κ3) is 3.27. The lowest BCUT2D eigenvalue weighted by Gasteiger charge is -2.61. The number of rotatable bonds is 7. The summed E-state index contributed by atoms with van der Waals surface area (Å²) < 4.78 is 35.9. The molecule has 2 aliphatic carbocycles. The molecule has 2 N–H and O–H groups in total. The minimum absolute atomic E-state index is 0.0385. The monoisotopic (exact) mass is 553 g/mol. The third-order valence-electron chi connectivity index (χ3n) is 9.60. The van der Waals surface area contributed by atoms with Crippen LogP contribution in [0.4, 0.5) is 0 Å². The lowest BCUT2D eigenvalue weighted by molar-refractivity contribution is -0.333. The minimum atomic E-state index is -1.54. The molecule has 6 rings (SSSR count). The number of likely N-dealkylation sites (N-methyl/N-ethyl adjacent to an activating group) is 1. The van der Waals surface area contributed by atoms with E-state index in [2.05, 4.69) is 4.90 Å². The first kappa shape index (κ1) is 26.9. The van der Waals surface area contributed by atoms with Crippen molar-refractivity contribution in [3.05, 3.63) is 53.1 Å². The van der Waals surface area contributed by atoms with Crippen molar-refractivity contribution in [2.75, 3.05) is 42.0 Å². The first-order valence-electron chi connectivity index (χ1n) is 13.3. The Morgan fingerprint density at radius 3 is 2.48 bits per heavy atom. The van der Waals surface area contributed by atoms with E-state index in [0.717, 1.165) is 11.1 Å². The molecule has 2 aromatic rings. The van der Waals surface area contributed by atoms with Gasteiger partial charge in [0.2, 0.25) is 0 Å². The molecule has 2 heterocycles. The van der Waals surface area contributed by atoms with Crippen LogP contribution in [0.25, 0.3) is 6.08 Å². The maximum atomic E-state index is 13.6. The maximum absolute atomic E-state index is 13.6. The van der Waals surface area contributed by atoms with Crippen molar-refractivity contribution in [3.8, 4) is 23.0 Å². The molecule has 0 unspecified atom stereocenters. The topological polar surface area (TPSA) is 116 Å². The summed E-state index contributed by atoms with van der Waals surface area (Å²) in [6, 6.07) is 8.52. The Kier molecular flexibility index (Phi) is 6.30. The second-order valence-corrected chi connectivity index (χ2v) is 11.0.